The van der Waals surface area contributed by atoms with Gasteiger partial charge in [0.2, 0.25) is 0 Å². The summed E-state index contributed by atoms with van der Waals surface area (Å²) in [6.07, 6.45) is 8.02. The van der Waals surface area contributed by atoms with E-state index in [4.69, 9.17) is 4.74 Å². The van der Waals surface area contributed by atoms with Gasteiger partial charge in [0.15, 0.2) is 0 Å². The molecule has 2 unspecified atom stereocenters. The Kier molecular flexibility index (Phi) is 3.57. The van der Waals surface area contributed by atoms with Crippen LogP contribution in [0, 0.1) is 0 Å². The van der Waals surface area contributed by atoms with Crippen LogP contribution in [0.25, 0.3) is 0 Å². The molecule has 0 saturated carbocycles. The van der Waals surface area contributed by atoms with E-state index in [0.29, 0.717) is 12.1 Å². The lowest BCUT2D eigenvalue weighted by Gasteiger charge is -2.10. The number of aromatic nitrogens is 2. The third-order valence-corrected chi connectivity index (χ3v) is 4.51. The van der Waals surface area contributed by atoms with Gasteiger partial charge in [0.05, 0.1) is 24.5 Å². The number of anilines is 1. The summed E-state index contributed by atoms with van der Waals surface area (Å²) in [6.45, 7) is 1.80. The summed E-state index contributed by atoms with van der Waals surface area (Å²) < 4.78 is 7.62. The van der Waals surface area contributed by atoms with Crippen LogP contribution in [0.4, 0.5) is 5.69 Å². The van der Waals surface area contributed by atoms with Gasteiger partial charge in [-0.1, -0.05) is 0 Å². The van der Waals surface area contributed by atoms with E-state index in [2.05, 4.69) is 16.6 Å². The molecule has 1 N–H and O–H groups in total. The predicted octanol–water partition coefficient (Wildman–Crippen LogP) is 1.98. The van der Waals surface area contributed by atoms with Crippen molar-refractivity contribution < 1.29 is 4.74 Å². The van der Waals surface area contributed by atoms with E-state index >= 15 is 0 Å². The van der Waals surface area contributed by atoms with Crippen LogP contribution in [-0.2, 0) is 11.3 Å². The summed E-state index contributed by atoms with van der Waals surface area (Å²) in [6, 6.07) is 0.625. The Hall–Kier alpha value is -0.680. The van der Waals surface area contributed by atoms with Gasteiger partial charge >= 0.3 is 0 Å². The van der Waals surface area contributed by atoms with Gasteiger partial charge in [-0.3, -0.25) is 4.68 Å². The van der Waals surface area contributed by atoms with E-state index in [1.54, 1.807) is 0 Å². The molecule has 2 atom stereocenters. The second kappa shape index (κ2) is 5.31. The van der Waals surface area contributed by atoms with Gasteiger partial charge in [-0.2, -0.15) is 16.9 Å². The number of thioether (sulfide) groups is 1. The van der Waals surface area contributed by atoms with E-state index in [-0.39, 0.29) is 0 Å². The predicted molar refractivity (Wildman–Crippen MR) is 70.6 cm³/mol. The number of hydrogen-bond donors (Lipinski definition) is 1. The average Bonchev–Trinajstić information content (AvgIpc) is 3.02. The largest absolute Gasteiger partial charge is 0.379 e. The fourth-order valence-corrected chi connectivity index (χ4v) is 3.57. The first kappa shape index (κ1) is 11.4. The first-order chi connectivity index (χ1) is 8.40. The van der Waals surface area contributed by atoms with Crippen molar-refractivity contribution in [3.05, 3.63) is 12.4 Å². The van der Waals surface area contributed by atoms with E-state index in [1.807, 2.05) is 22.6 Å². The van der Waals surface area contributed by atoms with Crippen molar-refractivity contribution in [1.82, 2.24) is 9.78 Å². The quantitative estimate of drug-likeness (QED) is 0.890. The standard InChI is InChI=1S/C12H19N3OS/c1-2-12(16-4-1)8-15-7-11(6-13-15)14-10-3-5-17-9-10/h6-7,10,12,14H,1-5,8-9H2. The zero-order valence-corrected chi connectivity index (χ0v) is 10.8. The van der Waals surface area contributed by atoms with Gasteiger partial charge in [-0.15, -0.1) is 0 Å². The maximum absolute atomic E-state index is 5.61. The Morgan fingerprint density at radius 1 is 1.53 bits per heavy atom. The minimum Gasteiger partial charge on any atom is -0.379 e. The molecular formula is C12H19N3OS. The second-order valence-corrected chi connectivity index (χ2v) is 5.94. The molecule has 0 spiro atoms. The van der Waals surface area contributed by atoms with Gasteiger partial charge in [-0.25, -0.2) is 0 Å². The van der Waals surface area contributed by atoms with Crippen LogP contribution < -0.4 is 5.32 Å². The number of nitrogens with one attached hydrogen (secondary N) is 1. The molecule has 3 heterocycles. The molecule has 2 fully saturated rings. The van der Waals surface area contributed by atoms with Crippen molar-refractivity contribution in [1.29, 1.82) is 0 Å². The minimum absolute atomic E-state index is 0.366. The Labute approximate surface area is 106 Å². The highest BCUT2D eigenvalue weighted by Gasteiger charge is 2.18. The lowest BCUT2D eigenvalue weighted by Crippen LogP contribution is -2.18. The van der Waals surface area contributed by atoms with Crippen molar-refractivity contribution in [3.8, 4) is 0 Å². The van der Waals surface area contributed by atoms with Gasteiger partial charge in [0.1, 0.15) is 0 Å². The first-order valence-electron chi connectivity index (χ1n) is 6.38. The van der Waals surface area contributed by atoms with Crippen LogP contribution in [0.5, 0.6) is 0 Å². The van der Waals surface area contributed by atoms with Crippen LogP contribution in [0.3, 0.4) is 0 Å². The maximum atomic E-state index is 5.61. The van der Waals surface area contributed by atoms with E-state index in [0.717, 1.165) is 18.8 Å². The fraction of sp³-hybridized carbons (Fsp3) is 0.750. The van der Waals surface area contributed by atoms with Crippen molar-refractivity contribution in [2.45, 2.75) is 38.0 Å². The van der Waals surface area contributed by atoms with Gasteiger partial charge in [0, 0.05) is 24.6 Å². The number of ether oxygens (including phenoxy) is 1. The molecule has 1 aromatic heterocycles. The maximum Gasteiger partial charge on any atom is 0.0771 e. The molecule has 94 valence electrons. The monoisotopic (exact) mass is 253 g/mol. The summed E-state index contributed by atoms with van der Waals surface area (Å²) in [4.78, 5) is 0. The Morgan fingerprint density at radius 2 is 2.53 bits per heavy atom. The third-order valence-electron chi connectivity index (χ3n) is 3.35. The van der Waals surface area contributed by atoms with E-state index < -0.39 is 0 Å². The third kappa shape index (κ3) is 2.96. The zero-order chi connectivity index (χ0) is 11.5. The Morgan fingerprint density at radius 3 is 3.29 bits per heavy atom. The molecule has 5 heteroatoms. The average molecular weight is 253 g/mol. The van der Waals surface area contributed by atoms with Crippen molar-refractivity contribution in [2.75, 3.05) is 23.4 Å². The summed E-state index contributed by atoms with van der Waals surface area (Å²) in [7, 11) is 0. The highest BCUT2D eigenvalue weighted by molar-refractivity contribution is 7.99. The van der Waals surface area contributed by atoms with Crippen LogP contribution in [-0.4, -0.2) is 40.0 Å². The number of nitrogens with zero attached hydrogens (tertiary/aromatic N) is 2. The second-order valence-electron chi connectivity index (χ2n) is 4.79. The van der Waals surface area contributed by atoms with Crippen LogP contribution >= 0.6 is 11.8 Å². The summed E-state index contributed by atoms with van der Waals surface area (Å²) >= 11 is 2.02. The molecule has 0 bridgehead atoms. The summed E-state index contributed by atoms with van der Waals surface area (Å²) in [5.41, 5.74) is 1.15. The minimum atomic E-state index is 0.366. The molecule has 0 amide bonds. The molecular weight excluding hydrogens is 234 g/mol. The topological polar surface area (TPSA) is 39.1 Å². The van der Waals surface area contributed by atoms with E-state index in [9.17, 15) is 0 Å². The van der Waals surface area contributed by atoms with Crippen LogP contribution in [0.1, 0.15) is 19.3 Å². The van der Waals surface area contributed by atoms with Crippen LogP contribution in [0.15, 0.2) is 12.4 Å². The molecule has 0 aliphatic carbocycles. The molecule has 0 aromatic carbocycles. The summed E-state index contributed by atoms with van der Waals surface area (Å²) in [5.74, 6) is 2.50. The Balaban J connectivity index is 1.54. The Bertz CT molecular complexity index is 324. The van der Waals surface area contributed by atoms with Crippen molar-refractivity contribution >= 4 is 17.4 Å². The lowest BCUT2D eigenvalue weighted by atomic mass is 10.2. The van der Waals surface area contributed by atoms with Crippen LogP contribution in [0.2, 0.25) is 0 Å². The van der Waals surface area contributed by atoms with Gasteiger partial charge in [-0.05, 0) is 25.0 Å². The normalized spacial score (nSPS) is 28.7. The van der Waals surface area contributed by atoms with Crippen molar-refractivity contribution in [3.63, 3.8) is 0 Å². The zero-order valence-electron chi connectivity index (χ0n) is 9.97. The van der Waals surface area contributed by atoms with Gasteiger partial charge < -0.3 is 10.1 Å². The molecule has 1 aromatic rings. The molecule has 4 nitrogen and oxygen atoms in total. The SMILES string of the molecule is c1nn(CC2CCCO2)cc1NC1CCSC1. The van der Waals surface area contributed by atoms with Gasteiger partial charge in [0.25, 0.3) is 0 Å². The first-order valence-corrected chi connectivity index (χ1v) is 7.54. The molecule has 2 saturated heterocycles. The summed E-state index contributed by atoms with van der Waals surface area (Å²) in [5, 5.41) is 7.93. The molecule has 3 rings (SSSR count). The number of rotatable bonds is 4. The van der Waals surface area contributed by atoms with Crippen molar-refractivity contribution in [2.24, 2.45) is 0 Å². The number of hydrogen-bond acceptors (Lipinski definition) is 4. The lowest BCUT2D eigenvalue weighted by molar-refractivity contribution is 0.0940. The molecule has 2 aliphatic rings. The molecule has 2 aliphatic heterocycles. The smallest absolute Gasteiger partial charge is 0.0771 e. The highest BCUT2D eigenvalue weighted by atomic mass is 32.2. The van der Waals surface area contributed by atoms with E-state index in [1.165, 1.54) is 30.8 Å². The fourth-order valence-electron chi connectivity index (χ4n) is 2.42. The highest BCUT2D eigenvalue weighted by Crippen LogP contribution is 2.21. The molecule has 0 radical (unpaired) electrons. The molecule has 17 heavy (non-hydrogen) atoms.